The molecule has 0 unspecified atom stereocenters. The van der Waals surface area contributed by atoms with E-state index in [2.05, 4.69) is 26.2 Å². The van der Waals surface area contributed by atoms with Crippen LogP contribution in [-0.2, 0) is 4.79 Å². The largest absolute Gasteiger partial charge is 0.350 e. The van der Waals surface area contributed by atoms with E-state index in [0.29, 0.717) is 10.3 Å². The highest BCUT2D eigenvalue weighted by molar-refractivity contribution is 9.10. The molecule has 0 radical (unpaired) electrons. The second-order valence-electron chi connectivity index (χ2n) is 5.30. The molecule has 0 spiro atoms. The first kappa shape index (κ1) is 15.6. The second kappa shape index (κ2) is 6.14. The number of carbonyl (C=O) groups is 2. The summed E-state index contributed by atoms with van der Waals surface area (Å²) in [5.41, 5.74) is -0.00456. The lowest BCUT2D eigenvalue weighted by molar-refractivity contribution is -0.122. The average molecular weight is 328 g/mol. The van der Waals surface area contributed by atoms with Gasteiger partial charge in [-0.2, -0.15) is 0 Å². The fourth-order valence-corrected chi connectivity index (χ4v) is 1.81. The van der Waals surface area contributed by atoms with Crippen LogP contribution < -0.4 is 5.32 Å². The summed E-state index contributed by atoms with van der Waals surface area (Å²) in [5.74, 6) is -0.483. The predicted octanol–water partition coefficient (Wildman–Crippen LogP) is 1.83. The fourth-order valence-electron chi connectivity index (χ4n) is 1.47. The molecule has 5 nitrogen and oxygen atoms in total. The average Bonchev–Trinajstić information content (AvgIpc) is 2.25. The molecule has 0 atom stereocenters. The summed E-state index contributed by atoms with van der Waals surface area (Å²) < 4.78 is 0.589. The first-order valence-electron chi connectivity index (χ1n) is 5.88. The van der Waals surface area contributed by atoms with E-state index in [0.717, 1.165) is 0 Å². The summed E-state index contributed by atoms with van der Waals surface area (Å²) in [6, 6.07) is 5.09. The van der Waals surface area contributed by atoms with Crippen LogP contribution in [-0.4, -0.2) is 40.8 Å². The van der Waals surface area contributed by atoms with E-state index in [9.17, 15) is 9.59 Å². The Morgan fingerprint density at radius 3 is 2.53 bits per heavy atom. The maximum atomic E-state index is 12.1. The van der Waals surface area contributed by atoms with Crippen molar-refractivity contribution in [2.75, 3.05) is 13.6 Å². The van der Waals surface area contributed by atoms with Gasteiger partial charge in [0, 0.05) is 12.6 Å². The molecular formula is C13H18BrN3O2. The van der Waals surface area contributed by atoms with Gasteiger partial charge in [-0.05, 0) is 48.8 Å². The zero-order valence-corrected chi connectivity index (χ0v) is 13.1. The van der Waals surface area contributed by atoms with Crippen LogP contribution in [0.5, 0.6) is 0 Å². The lowest BCUT2D eigenvalue weighted by Crippen LogP contribution is -2.46. The molecule has 0 aliphatic heterocycles. The molecule has 1 heterocycles. The van der Waals surface area contributed by atoms with Crippen LogP contribution in [0.25, 0.3) is 0 Å². The van der Waals surface area contributed by atoms with Gasteiger partial charge in [0.15, 0.2) is 0 Å². The fraction of sp³-hybridized carbons (Fsp3) is 0.462. The van der Waals surface area contributed by atoms with E-state index in [1.165, 1.54) is 4.90 Å². The first-order chi connectivity index (χ1) is 8.69. The topological polar surface area (TPSA) is 62.3 Å². The third kappa shape index (κ3) is 5.38. The van der Waals surface area contributed by atoms with Crippen LogP contribution in [0.4, 0.5) is 0 Å². The van der Waals surface area contributed by atoms with Crippen molar-refractivity contribution in [1.82, 2.24) is 15.2 Å². The summed E-state index contributed by atoms with van der Waals surface area (Å²) in [5, 5.41) is 2.81. The molecule has 19 heavy (non-hydrogen) atoms. The second-order valence-corrected chi connectivity index (χ2v) is 6.12. The molecule has 0 aliphatic carbocycles. The van der Waals surface area contributed by atoms with E-state index >= 15 is 0 Å². The van der Waals surface area contributed by atoms with E-state index in [4.69, 9.17) is 0 Å². The van der Waals surface area contributed by atoms with Gasteiger partial charge >= 0.3 is 0 Å². The van der Waals surface area contributed by atoms with Crippen molar-refractivity contribution in [3.05, 3.63) is 28.5 Å². The van der Waals surface area contributed by atoms with Gasteiger partial charge in [0.05, 0.1) is 6.54 Å². The molecule has 0 bridgehead atoms. The minimum atomic E-state index is -0.311. The summed E-state index contributed by atoms with van der Waals surface area (Å²) in [6.07, 6.45) is 0. The molecule has 1 aromatic rings. The van der Waals surface area contributed by atoms with Crippen molar-refractivity contribution in [3.8, 4) is 0 Å². The molecule has 0 fully saturated rings. The monoisotopic (exact) mass is 327 g/mol. The van der Waals surface area contributed by atoms with Crippen molar-refractivity contribution in [1.29, 1.82) is 0 Å². The van der Waals surface area contributed by atoms with Crippen LogP contribution in [0.1, 0.15) is 31.3 Å². The molecule has 6 heteroatoms. The number of nitrogens with zero attached hydrogens (tertiary/aromatic N) is 2. The number of likely N-dealkylation sites (N-methyl/N-ethyl adjacent to an activating group) is 1. The molecule has 0 saturated heterocycles. The van der Waals surface area contributed by atoms with Crippen LogP contribution in [0.15, 0.2) is 22.8 Å². The number of amides is 2. The van der Waals surface area contributed by atoms with E-state index in [-0.39, 0.29) is 23.9 Å². The molecule has 0 aromatic carbocycles. The number of rotatable bonds is 3. The molecule has 0 aliphatic rings. The number of nitrogens with one attached hydrogen (secondary N) is 1. The standard InChI is InChI=1S/C13H18BrN3O2/c1-13(2,3)16-11(18)8-17(4)12(19)9-6-5-7-10(14)15-9/h5-7H,8H2,1-4H3,(H,16,18). The Kier molecular flexibility index (Phi) is 5.05. The molecule has 104 valence electrons. The van der Waals surface area contributed by atoms with Gasteiger partial charge in [-0.25, -0.2) is 4.98 Å². The van der Waals surface area contributed by atoms with Gasteiger partial charge in [-0.1, -0.05) is 6.07 Å². The molecule has 0 saturated carbocycles. The van der Waals surface area contributed by atoms with Gasteiger partial charge in [-0.15, -0.1) is 0 Å². The summed E-state index contributed by atoms with van der Waals surface area (Å²) in [7, 11) is 1.58. The molecule has 2 amide bonds. The summed E-state index contributed by atoms with van der Waals surface area (Å²) in [4.78, 5) is 29.2. The maximum Gasteiger partial charge on any atom is 0.272 e. The Labute approximate surface area is 121 Å². The number of carbonyl (C=O) groups excluding carboxylic acids is 2. The SMILES string of the molecule is CN(CC(=O)NC(C)(C)C)C(=O)c1cccc(Br)n1. The summed E-state index contributed by atoms with van der Waals surface area (Å²) >= 11 is 3.21. The highest BCUT2D eigenvalue weighted by Crippen LogP contribution is 2.08. The minimum Gasteiger partial charge on any atom is -0.350 e. The lowest BCUT2D eigenvalue weighted by atomic mass is 10.1. The van der Waals surface area contributed by atoms with Crippen LogP contribution in [0, 0.1) is 0 Å². The van der Waals surface area contributed by atoms with E-state index < -0.39 is 0 Å². The number of pyridine rings is 1. The van der Waals surface area contributed by atoms with Gasteiger partial charge in [0.1, 0.15) is 10.3 Å². The Morgan fingerprint density at radius 1 is 1.37 bits per heavy atom. The first-order valence-corrected chi connectivity index (χ1v) is 6.67. The Balaban J connectivity index is 2.66. The maximum absolute atomic E-state index is 12.1. The summed E-state index contributed by atoms with van der Waals surface area (Å²) in [6.45, 7) is 5.68. The molecule has 1 aromatic heterocycles. The Hall–Kier alpha value is -1.43. The number of hydrogen-bond acceptors (Lipinski definition) is 3. The van der Waals surface area contributed by atoms with Crippen LogP contribution in [0.3, 0.4) is 0 Å². The normalized spacial score (nSPS) is 11.0. The van der Waals surface area contributed by atoms with Crippen molar-refractivity contribution >= 4 is 27.7 Å². The third-order valence-electron chi connectivity index (χ3n) is 2.18. The van der Waals surface area contributed by atoms with E-state index in [1.54, 1.807) is 25.2 Å². The van der Waals surface area contributed by atoms with Crippen LogP contribution >= 0.6 is 15.9 Å². The molecule has 1 N–H and O–H groups in total. The van der Waals surface area contributed by atoms with E-state index in [1.807, 2.05) is 20.8 Å². The Bertz CT molecular complexity index is 483. The van der Waals surface area contributed by atoms with Crippen molar-refractivity contribution in [3.63, 3.8) is 0 Å². The molecular weight excluding hydrogens is 310 g/mol. The van der Waals surface area contributed by atoms with Gasteiger partial charge < -0.3 is 10.2 Å². The van der Waals surface area contributed by atoms with Gasteiger partial charge in [-0.3, -0.25) is 9.59 Å². The third-order valence-corrected chi connectivity index (χ3v) is 2.62. The Morgan fingerprint density at radius 2 is 2.00 bits per heavy atom. The highest BCUT2D eigenvalue weighted by Gasteiger charge is 2.19. The zero-order valence-electron chi connectivity index (χ0n) is 11.5. The van der Waals surface area contributed by atoms with Crippen molar-refractivity contribution in [2.24, 2.45) is 0 Å². The zero-order chi connectivity index (χ0) is 14.6. The quantitative estimate of drug-likeness (QED) is 0.861. The van der Waals surface area contributed by atoms with Gasteiger partial charge in [0.25, 0.3) is 5.91 Å². The number of hydrogen-bond donors (Lipinski definition) is 1. The number of halogens is 1. The lowest BCUT2D eigenvalue weighted by Gasteiger charge is -2.23. The predicted molar refractivity (Wildman–Crippen MR) is 76.8 cm³/mol. The smallest absolute Gasteiger partial charge is 0.272 e. The minimum absolute atomic E-state index is 0.00426. The van der Waals surface area contributed by atoms with Gasteiger partial charge in [0.2, 0.25) is 5.91 Å². The van der Waals surface area contributed by atoms with Crippen LogP contribution in [0.2, 0.25) is 0 Å². The number of aromatic nitrogens is 1. The highest BCUT2D eigenvalue weighted by atomic mass is 79.9. The molecule has 1 rings (SSSR count). The van der Waals surface area contributed by atoms with Crippen molar-refractivity contribution < 1.29 is 9.59 Å². The van der Waals surface area contributed by atoms with Crippen molar-refractivity contribution in [2.45, 2.75) is 26.3 Å².